The maximum atomic E-state index is 12.5. The summed E-state index contributed by atoms with van der Waals surface area (Å²) in [7, 11) is 0. The summed E-state index contributed by atoms with van der Waals surface area (Å²) in [5.74, 6) is -1.53. The summed E-state index contributed by atoms with van der Waals surface area (Å²) in [6.45, 7) is 11.2. The molecule has 1 rings (SSSR count). The zero-order chi connectivity index (χ0) is 19.3. The summed E-state index contributed by atoms with van der Waals surface area (Å²) in [5, 5.41) is 21.0. The molecule has 5 heteroatoms. The van der Waals surface area contributed by atoms with E-state index in [1.807, 2.05) is 27.7 Å². The van der Waals surface area contributed by atoms with Crippen molar-refractivity contribution in [1.29, 1.82) is 0 Å². The van der Waals surface area contributed by atoms with Crippen LogP contribution in [0, 0.1) is 29.6 Å². The molecule has 0 aliphatic carbocycles. The first-order chi connectivity index (χ1) is 11.6. The van der Waals surface area contributed by atoms with E-state index in [0.29, 0.717) is 25.7 Å². The lowest BCUT2D eigenvalue weighted by molar-refractivity contribution is -0.163. The van der Waals surface area contributed by atoms with E-state index in [9.17, 15) is 19.8 Å². The van der Waals surface area contributed by atoms with Crippen molar-refractivity contribution >= 4 is 11.8 Å². The lowest BCUT2D eigenvalue weighted by atomic mass is 9.81. The van der Waals surface area contributed by atoms with Gasteiger partial charge in [0.1, 0.15) is 11.9 Å². The van der Waals surface area contributed by atoms with Gasteiger partial charge in [0.25, 0.3) is 0 Å². The van der Waals surface area contributed by atoms with Crippen LogP contribution in [0.4, 0.5) is 0 Å². The van der Waals surface area contributed by atoms with E-state index in [2.05, 4.69) is 0 Å². The molecule has 0 bridgehead atoms. The molecule has 0 radical (unpaired) electrons. The van der Waals surface area contributed by atoms with Crippen molar-refractivity contribution in [2.24, 2.45) is 29.6 Å². The van der Waals surface area contributed by atoms with Crippen molar-refractivity contribution in [2.45, 2.75) is 85.5 Å². The van der Waals surface area contributed by atoms with Gasteiger partial charge in [-0.2, -0.15) is 0 Å². The summed E-state index contributed by atoms with van der Waals surface area (Å²) < 4.78 is 5.64. The Morgan fingerprint density at radius 3 is 2.16 bits per heavy atom. The van der Waals surface area contributed by atoms with Gasteiger partial charge < -0.3 is 14.9 Å². The number of ketones is 1. The number of carbonyl (C=O) groups is 2. The van der Waals surface area contributed by atoms with Crippen molar-refractivity contribution < 1.29 is 24.5 Å². The van der Waals surface area contributed by atoms with Gasteiger partial charge in [-0.15, -0.1) is 0 Å². The Balaban J connectivity index is 3.04. The van der Waals surface area contributed by atoms with E-state index in [1.54, 1.807) is 13.8 Å². The number of ether oxygens (including phenoxy) is 1. The van der Waals surface area contributed by atoms with Crippen LogP contribution in [0.1, 0.15) is 67.2 Å². The molecular formula is C20H36O5. The molecule has 1 fully saturated rings. The van der Waals surface area contributed by atoms with Gasteiger partial charge in [-0.3, -0.25) is 9.59 Å². The zero-order valence-corrected chi connectivity index (χ0v) is 16.6. The Labute approximate surface area is 152 Å². The Kier molecular flexibility index (Phi) is 8.55. The van der Waals surface area contributed by atoms with Crippen LogP contribution in [0.15, 0.2) is 0 Å². The predicted octanol–water partition coefficient (Wildman–Crippen LogP) is 2.96. The Bertz CT molecular complexity index is 449. The predicted molar refractivity (Wildman–Crippen MR) is 96.9 cm³/mol. The maximum absolute atomic E-state index is 12.5. The Morgan fingerprint density at radius 2 is 1.60 bits per heavy atom. The number of rotatable bonds is 1. The van der Waals surface area contributed by atoms with Crippen molar-refractivity contribution in [3.8, 4) is 0 Å². The van der Waals surface area contributed by atoms with Crippen LogP contribution < -0.4 is 0 Å². The highest BCUT2D eigenvalue weighted by Gasteiger charge is 2.36. The van der Waals surface area contributed by atoms with Crippen LogP contribution >= 0.6 is 0 Å². The number of Topliss-reactive ketones (excluding diaryl/α,β-unsaturated/α-hetero) is 1. The van der Waals surface area contributed by atoms with Gasteiger partial charge in [0.2, 0.25) is 0 Å². The molecule has 0 saturated carbocycles. The second kappa shape index (κ2) is 9.67. The number of hydrogen-bond donors (Lipinski definition) is 2. The molecule has 25 heavy (non-hydrogen) atoms. The van der Waals surface area contributed by atoms with E-state index in [0.717, 1.165) is 0 Å². The molecule has 0 aromatic rings. The van der Waals surface area contributed by atoms with Crippen LogP contribution in [0.3, 0.4) is 0 Å². The Hall–Kier alpha value is -0.940. The molecule has 0 unspecified atom stereocenters. The minimum atomic E-state index is -0.977. The number of aliphatic hydroxyl groups excluding tert-OH is 2. The molecule has 0 aromatic carbocycles. The number of carbonyl (C=O) groups excluding carboxylic acids is 2. The molecule has 1 heterocycles. The van der Waals surface area contributed by atoms with Gasteiger partial charge in [-0.25, -0.2) is 0 Å². The third kappa shape index (κ3) is 5.78. The first-order valence-corrected chi connectivity index (χ1v) is 9.69. The molecule has 1 aliphatic rings. The van der Waals surface area contributed by atoms with E-state index < -0.39 is 30.0 Å². The molecule has 0 aromatic heterocycles. The average molecular weight is 357 g/mol. The first-order valence-electron chi connectivity index (χ1n) is 9.69. The quantitative estimate of drug-likeness (QED) is 0.706. The second-order valence-electron chi connectivity index (χ2n) is 8.11. The van der Waals surface area contributed by atoms with Crippen LogP contribution in [0.25, 0.3) is 0 Å². The zero-order valence-electron chi connectivity index (χ0n) is 16.6. The van der Waals surface area contributed by atoms with E-state index in [-0.39, 0.29) is 29.6 Å². The smallest absolute Gasteiger partial charge is 0.311 e. The lowest BCUT2D eigenvalue weighted by Crippen LogP contribution is -2.42. The highest BCUT2D eigenvalue weighted by Crippen LogP contribution is 2.28. The van der Waals surface area contributed by atoms with Crippen LogP contribution in [0.5, 0.6) is 0 Å². The minimum absolute atomic E-state index is 0.0839. The highest BCUT2D eigenvalue weighted by atomic mass is 16.5. The fourth-order valence-corrected chi connectivity index (χ4v) is 3.80. The van der Waals surface area contributed by atoms with Gasteiger partial charge in [0.05, 0.1) is 18.1 Å². The van der Waals surface area contributed by atoms with Gasteiger partial charge in [0.15, 0.2) is 0 Å². The summed E-state index contributed by atoms with van der Waals surface area (Å²) in [6, 6.07) is 0. The van der Waals surface area contributed by atoms with E-state index >= 15 is 0 Å². The lowest BCUT2D eigenvalue weighted by Gasteiger charge is -2.33. The SMILES string of the molecule is CC[C@H]1OC(=O)[C@H](C)[C@@H](O)[C@H](C)[C@@H](O)[C@@H](C)CCC(=O)[C@H](C)C[C@H]1C. The molecule has 5 nitrogen and oxygen atoms in total. The number of esters is 1. The standard InChI is InChI=1S/C20H36O5/c1-7-17-13(4)10-12(3)16(21)9-8-11(2)18(22)14(5)19(23)15(6)20(24)25-17/h11-15,17-19,22-23H,7-10H2,1-6H3/t11-,12+,13+,14+,15+,17+,18-,19-/m0/s1. The number of hydrogen-bond acceptors (Lipinski definition) is 5. The third-order valence-corrected chi connectivity index (χ3v) is 5.97. The molecule has 146 valence electrons. The summed E-state index contributed by atoms with van der Waals surface area (Å²) in [6.07, 6.45) is 0.361. The fourth-order valence-electron chi connectivity index (χ4n) is 3.80. The number of aliphatic hydroxyl groups is 2. The Morgan fingerprint density at radius 1 is 1.00 bits per heavy atom. The molecule has 1 aliphatic heterocycles. The molecular weight excluding hydrogens is 320 g/mol. The average Bonchev–Trinajstić information content (AvgIpc) is 2.59. The third-order valence-electron chi connectivity index (χ3n) is 5.97. The van der Waals surface area contributed by atoms with Crippen molar-refractivity contribution in [1.82, 2.24) is 0 Å². The highest BCUT2D eigenvalue weighted by molar-refractivity contribution is 5.80. The molecule has 1 saturated heterocycles. The molecule has 8 atom stereocenters. The molecule has 0 spiro atoms. The molecule has 2 N–H and O–H groups in total. The van der Waals surface area contributed by atoms with Crippen molar-refractivity contribution in [3.63, 3.8) is 0 Å². The second-order valence-corrected chi connectivity index (χ2v) is 8.11. The van der Waals surface area contributed by atoms with Crippen LogP contribution in [0.2, 0.25) is 0 Å². The van der Waals surface area contributed by atoms with Crippen molar-refractivity contribution in [2.75, 3.05) is 0 Å². The van der Waals surface area contributed by atoms with E-state index in [1.165, 1.54) is 0 Å². The van der Waals surface area contributed by atoms with Crippen molar-refractivity contribution in [3.05, 3.63) is 0 Å². The van der Waals surface area contributed by atoms with Gasteiger partial charge >= 0.3 is 5.97 Å². The normalized spacial score (nSPS) is 42.6. The van der Waals surface area contributed by atoms with E-state index in [4.69, 9.17) is 4.74 Å². The van der Waals surface area contributed by atoms with Gasteiger partial charge in [-0.05, 0) is 38.0 Å². The monoisotopic (exact) mass is 356 g/mol. The maximum Gasteiger partial charge on any atom is 0.311 e. The number of cyclic esters (lactones) is 1. The van der Waals surface area contributed by atoms with Crippen LogP contribution in [-0.4, -0.2) is 40.3 Å². The topological polar surface area (TPSA) is 83.8 Å². The van der Waals surface area contributed by atoms with Gasteiger partial charge in [0, 0.05) is 18.3 Å². The first kappa shape index (κ1) is 22.1. The largest absolute Gasteiger partial charge is 0.462 e. The minimum Gasteiger partial charge on any atom is -0.462 e. The van der Waals surface area contributed by atoms with Gasteiger partial charge in [-0.1, -0.05) is 34.6 Å². The van der Waals surface area contributed by atoms with Crippen LogP contribution in [-0.2, 0) is 14.3 Å². The summed E-state index contributed by atoms with van der Waals surface area (Å²) in [5.41, 5.74) is 0. The summed E-state index contributed by atoms with van der Waals surface area (Å²) >= 11 is 0. The summed E-state index contributed by atoms with van der Waals surface area (Å²) in [4.78, 5) is 24.9. The fraction of sp³-hybridized carbons (Fsp3) is 0.900. The molecule has 0 amide bonds.